The first-order valence-corrected chi connectivity index (χ1v) is 8.26. The van der Waals surface area contributed by atoms with E-state index in [2.05, 4.69) is 36.5 Å². The average molecular weight is 307 g/mol. The predicted molar refractivity (Wildman–Crippen MR) is 80.9 cm³/mol. The van der Waals surface area contributed by atoms with E-state index in [9.17, 15) is 9.59 Å². The number of carbonyl (C=O) groups is 2. The number of rotatable bonds is 3. The second-order valence-corrected chi connectivity index (χ2v) is 7.84. The van der Waals surface area contributed by atoms with E-state index in [0.717, 1.165) is 23.5 Å². The third-order valence-corrected chi connectivity index (χ3v) is 4.87. The summed E-state index contributed by atoms with van der Waals surface area (Å²) in [5, 5.41) is 5.66. The molecule has 1 aromatic heterocycles. The van der Waals surface area contributed by atoms with E-state index in [1.165, 1.54) is 0 Å². The summed E-state index contributed by atoms with van der Waals surface area (Å²) in [7, 11) is 0. The number of piperazine rings is 1. The van der Waals surface area contributed by atoms with Crippen molar-refractivity contribution in [3.63, 3.8) is 0 Å². The zero-order valence-electron chi connectivity index (χ0n) is 12.7. The predicted octanol–water partition coefficient (Wildman–Crippen LogP) is 1.68. The zero-order valence-corrected chi connectivity index (χ0v) is 13.5. The molecular weight excluding hydrogens is 286 g/mol. The van der Waals surface area contributed by atoms with Crippen molar-refractivity contribution in [1.82, 2.24) is 15.2 Å². The molecule has 2 heterocycles. The summed E-state index contributed by atoms with van der Waals surface area (Å²) in [5.74, 6) is 0.319. The Balaban J connectivity index is 1.79. The van der Waals surface area contributed by atoms with Crippen LogP contribution >= 0.6 is 11.3 Å². The molecule has 6 heteroatoms. The molecule has 114 valence electrons. The Hall–Kier alpha value is -1.43. The van der Waals surface area contributed by atoms with Gasteiger partial charge < -0.3 is 10.2 Å². The van der Waals surface area contributed by atoms with Gasteiger partial charge in [0.25, 0.3) is 0 Å². The third kappa shape index (κ3) is 2.95. The topological polar surface area (TPSA) is 62.3 Å². The van der Waals surface area contributed by atoms with Gasteiger partial charge in [-0.05, 0) is 18.8 Å². The smallest absolute Gasteiger partial charge is 0.243 e. The van der Waals surface area contributed by atoms with E-state index in [-0.39, 0.29) is 29.8 Å². The van der Waals surface area contributed by atoms with Crippen molar-refractivity contribution in [1.29, 1.82) is 0 Å². The maximum Gasteiger partial charge on any atom is 0.243 e. The number of hydrogen-bond acceptors (Lipinski definition) is 4. The minimum Gasteiger partial charge on any atom is -0.345 e. The summed E-state index contributed by atoms with van der Waals surface area (Å²) in [6.07, 6.45) is 2.07. The Kier molecular flexibility index (Phi) is 3.51. The summed E-state index contributed by atoms with van der Waals surface area (Å²) in [5.41, 5.74) is 1.05. The first-order valence-electron chi connectivity index (χ1n) is 7.38. The van der Waals surface area contributed by atoms with Gasteiger partial charge in [0.2, 0.25) is 11.8 Å². The van der Waals surface area contributed by atoms with Crippen molar-refractivity contribution in [2.24, 2.45) is 5.92 Å². The molecule has 21 heavy (non-hydrogen) atoms. The number of hydrogen-bond donors (Lipinski definition) is 1. The van der Waals surface area contributed by atoms with Crippen molar-refractivity contribution < 1.29 is 9.59 Å². The molecule has 3 rings (SSSR count). The average Bonchev–Trinajstić information content (AvgIpc) is 3.10. The van der Waals surface area contributed by atoms with Gasteiger partial charge >= 0.3 is 0 Å². The standard InChI is InChI=1S/C15H21N3O2S/c1-15(2,3)10-8-21-11(17-10)7-18-12(19)6-16-14(20)13(18)9-4-5-9/h8-9,13H,4-7H2,1-3H3,(H,16,20). The minimum absolute atomic E-state index is 0.000918. The van der Waals surface area contributed by atoms with Crippen LogP contribution in [0.4, 0.5) is 0 Å². The molecule has 2 aliphatic rings. The first kappa shape index (κ1) is 14.5. The number of nitrogens with one attached hydrogen (secondary N) is 1. The minimum atomic E-state index is -0.298. The molecule has 2 fully saturated rings. The van der Waals surface area contributed by atoms with Gasteiger partial charge in [-0.25, -0.2) is 4.98 Å². The lowest BCUT2D eigenvalue weighted by Crippen LogP contribution is -2.58. The Labute approximate surface area is 128 Å². The van der Waals surface area contributed by atoms with Gasteiger partial charge in [0, 0.05) is 10.8 Å². The number of thiazole rings is 1. The van der Waals surface area contributed by atoms with Gasteiger partial charge in [0.15, 0.2) is 0 Å². The van der Waals surface area contributed by atoms with E-state index in [0.29, 0.717) is 12.5 Å². The van der Waals surface area contributed by atoms with Crippen LogP contribution in [0, 0.1) is 5.92 Å². The van der Waals surface area contributed by atoms with E-state index in [1.54, 1.807) is 16.2 Å². The van der Waals surface area contributed by atoms with Crippen LogP contribution in [0.1, 0.15) is 44.3 Å². The molecule has 1 atom stereocenters. The van der Waals surface area contributed by atoms with E-state index in [4.69, 9.17) is 0 Å². The second-order valence-electron chi connectivity index (χ2n) is 6.90. The number of nitrogens with zero attached hydrogens (tertiary/aromatic N) is 2. The van der Waals surface area contributed by atoms with Crippen LogP contribution in [0.2, 0.25) is 0 Å². The van der Waals surface area contributed by atoms with Crippen molar-refractivity contribution in [3.05, 3.63) is 16.1 Å². The third-order valence-electron chi connectivity index (χ3n) is 4.03. The molecule has 1 aromatic rings. The highest BCUT2D eigenvalue weighted by Gasteiger charge is 2.44. The van der Waals surface area contributed by atoms with Crippen LogP contribution < -0.4 is 5.32 Å². The SMILES string of the molecule is CC(C)(C)c1csc(CN2C(=O)CNC(=O)C2C2CC2)n1. The monoisotopic (exact) mass is 307 g/mol. The van der Waals surface area contributed by atoms with E-state index >= 15 is 0 Å². The summed E-state index contributed by atoms with van der Waals surface area (Å²) in [4.78, 5) is 30.6. The molecule has 1 saturated heterocycles. The van der Waals surface area contributed by atoms with Gasteiger partial charge in [-0.15, -0.1) is 11.3 Å². The Bertz CT molecular complexity index is 572. The van der Waals surface area contributed by atoms with Gasteiger partial charge in [-0.2, -0.15) is 0 Å². The quantitative estimate of drug-likeness (QED) is 0.924. The maximum atomic E-state index is 12.2. The highest BCUT2D eigenvalue weighted by atomic mass is 32.1. The van der Waals surface area contributed by atoms with Crippen LogP contribution in [-0.4, -0.2) is 34.3 Å². The van der Waals surface area contributed by atoms with E-state index < -0.39 is 0 Å². The molecule has 0 radical (unpaired) electrons. The fourth-order valence-electron chi connectivity index (χ4n) is 2.61. The second kappa shape index (κ2) is 5.09. The lowest BCUT2D eigenvalue weighted by molar-refractivity contribution is -0.147. The molecule has 5 nitrogen and oxygen atoms in total. The molecule has 0 aromatic carbocycles. The highest BCUT2D eigenvalue weighted by molar-refractivity contribution is 7.09. The van der Waals surface area contributed by atoms with Crippen LogP contribution in [-0.2, 0) is 21.5 Å². The number of aromatic nitrogens is 1. The first-order chi connectivity index (χ1) is 9.86. The van der Waals surface area contributed by atoms with Crippen molar-refractivity contribution in [3.8, 4) is 0 Å². The molecule has 1 aliphatic carbocycles. The van der Waals surface area contributed by atoms with Crippen LogP contribution in [0.3, 0.4) is 0 Å². The maximum absolute atomic E-state index is 12.2. The summed E-state index contributed by atoms with van der Waals surface area (Å²) in [6.45, 7) is 6.93. The highest BCUT2D eigenvalue weighted by Crippen LogP contribution is 2.37. The largest absolute Gasteiger partial charge is 0.345 e. The van der Waals surface area contributed by atoms with Gasteiger partial charge in [0.05, 0.1) is 18.8 Å². The van der Waals surface area contributed by atoms with Crippen molar-refractivity contribution in [2.45, 2.75) is 51.6 Å². The molecule has 1 aliphatic heterocycles. The van der Waals surface area contributed by atoms with E-state index in [1.807, 2.05) is 0 Å². The summed E-state index contributed by atoms with van der Waals surface area (Å²) < 4.78 is 0. The summed E-state index contributed by atoms with van der Waals surface area (Å²) >= 11 is 1.57. The summed E-state index contributed by atoms with van der Waals surface area (Å²) in [6, 6.07) is -0.298. The van der Waals surface area contributed by atoms with Crippen LogP contribution in [0.5, 0.6) is 0 Å². The van der Waals surface area contributed by atoms with Crippen LogP contribution in [0.25, 0.3) is 0 Å². The molecule has 2 amide bonds. The lowest BCUT2D eigenvalue weighted by atomic mass is 9.93. The van der Waals surface area contributed by atoms with Crippen LogP contribution in [0.15, 0.2) is 5.38 Å². The van der Waals surface area contributed by atoms with Gasteiger partial charge in [-0.1, -0.05) is 20.8 Å². The fraction of sp³-hybridized carbons (Fsp3) is 0.667. The van der Waals surface area contributed by atoms with Crippen molar-refractivity contribution >= 4 is 23.2 Å². The van der Waals surface area contributed by atoms with Crippen molar-refractivity contribution in [2.75, 3.05) is 6.54 Å². The Morgan fingerprint density at radius 1 is 1.38 bits per heavy atom. The normalized spacial score (nSPS) is 23.4. The van der Waals surface area contributed by atoms with Gasteiger partial charge in [0.1, 0.15) is 11.0 Å². The van der Waals surface area contributed by atoms with Gasteiger partial charge in [-0.3, -0.25) is 9.59 Å². The Morgan fingerprint density at radius 2 is 2.10 bits per heavy atom. The zero-order chi connectivity index (χ0) is 15.2. The number of amides is 2. The molecular formula is C15H21N3O2S. The fourth-order valence-corrected chi connectivity index (χ4v) is 3.62. The molecule has 1 N–H and O–H groups in total. The lowest BCUT2D eigenvalue weighted by Gasteiger charge is -2.34. The molecule has 0 bridgehead atoms. The molecule has 1 unspecified atom stereocenters. The Morgan fingerprint density at radius 3 is 2.67 bits per heavy atom. The molecule has 0 spiro atoms. The molecule has 1 saturated carbocycles. The number of carbonyl (C=O) groups excluding carboxylic acids is 2.